The second kappa shape index (κ2) is 9.20. The molecular weight excluding hydrogens is 282 g/mol. The van der Waals surface area contributed by atoms with Crippen molar-refractivity contribution in [2.75, 3.05) is 19.8 Å². The van der Waals surface area contributed by atoms with Gasteiger partial charge in [-0.15, -0.1) is 0 Å². The summed E-state index contributed by atoms with van der Waals surface area (Å²) < 4.78 is 10.3. The summed E-state index contributed by atoms with van der Waals surface area (Å²) in [6.45, 7) is 4.28. The van der Waals surface area contributed by atoms with Gasteiger partial charge >= 0.3 is 11.9 Å². The molecule has 0 saturated carbocycles. The van der Waals surface area contributed by atoms with E-state index in [1.807, 2.05) is 30.3 Å². The zero-order valence-electron chi connectivity index (χ0n) is 13.3. The van der Waals surface area contributed by atoms with Crippen molar-refractivity contribution >= 4 is 11.9 Å². The molecule has 0 amide bonds. The predicted octanol–water partition coefficient (Wildman–Crippen LogP) is 2.08. The lowest BCUT2D eigenvalue weighted by Gasteiger charge is -2.29. The normalized spacial score (nSPS) is 11.0. The molecule has 0 heterocycles. The van der Waals surface area contributed by atoms with Gasteiger partial charge in [0.25, 0.3) is 0 Å². The topological polar surface area (TPSA) is 78.6 Å². The molecule has 0 aromatic heterocycles. The maximum atomic E-state index is 12.5. The van der Waals surface area contributed by atoms with Gasteiger partial charge in [0.05, 0.1) is 13.2 Å². The van der Waals surface area contributed by atoms with E-state index < -0.39 is 17.4 Å². The second-order valence-electron chi connectivity index (χ2n) is 5.08. The van der Waals surface area contributed by atoms with Gasteiger partial charge in [-0.2, -0.15) is 0 Å². The van der Waals surface area contributed by atoms with Gasteiger partial charge in [-0.1, -0.05) is 30.3 Å². The monoisotopic (exact) mass is 307 g/mol. The fourth-order valence-corrected chi connectivity index (χ4v) is 2.41. The van der Waals surface area contributed by atoms with Crippen LogP contribution in [0, 0.1) is 5.41 Å². The van der Waals surface area contributed by atoms with Crippen LogP contribution in [0.1, 0.15) is 32.3 Å². The van der Waals surface area contributed by atoms with Gasteiger partial charge in [-0.25, -0.2) is 0 Å². The molecule has 1 aromatic rings. The fraction of sp³-hybridized carbons (Fsp3) is 0.529. The van der Waals surface area contributed by atoms with Crippen LogP contribution >= 0.6 is 0 Å². The zero-order valence-corrected chi connectivity index (χ0v) is 13.3. The Bertz CT molecular complexity index is 455. The Morgan fingerprint density at radius 3 is 2.05 bits per heavy atom. The Morgan fingerprint density at radius 1 is 1.05 bits per heavy atom. The molecule has 0 saturated heterocycles. The molecule has 0 bridgehead atoms. The van der Waals surface area contributed by atoms with Crippen molar-refractivity contribution in [1.29, 1.82) is 0 Å². The highest BCUT2D eigenvalue weighted by molar-refractivity contribution is 6.00. The van der Waals surface area contributed by atoms with E-state index in [9.17, 15) is 9.59 Å². The molecule has 0 spiro atoms. The van der Waals surface area contributed by atoms with Gasteiger partial charge < -0.3 is 15.2 Å². The number of benzene rings is 1. The van der Waals surface area contributed by atoms with E-state index in [0.717, 1.165) is 5.56 Å². The number of esters is 2. The molecule has 122 valence electrons. The van der Waals surface area contributed by atoms with Gasteiger partial charge in [-0.3, -0.25) is 9.59 Å². The molecule has 1 aromatic carbocycles. The van der Waals surface area contributed by atoms with Gasteiger partial charge in [0.1, 0.15) is 0 Å². The third kappa shape index (κ3) is 4.56. The van der Waals surface area contributed by atoms with Crippen LogP contribution in [-0.2, 0) is 25.5 Å². The van der Waals surface area contributed by atoms with Crippen molar-refractivity contribution < 1.29 is 19.1 Å². The number of ether oxygens (including phenoxy) is 2. The molecule has 5 heteroatoms. The SMILES string of the molecule is CCOC(=O)C(CCCN)(Cc1ccccc1)C(=O)OCC. The summed E-state index contributed by atoms with van der Waals surface area (Å²) >= 11 is 0. The van der Waals surface area contributed by atoms with E-state index in [4.69, 9.17) is 15.2 Å². The molecule has 0 unspecified atom stereocenters. The van der Waals surface area contributed by atoms with Gasteiger partial charge in [0.15, 0.2) is 5.41 Å². The molecule has 1 rings (SSSR count). The van der Waals surface area contributed by atoms with Crippen molar-refractivity contribution in [3.8, 4) is 0 Å². The average molecular weight is 307 g/mol. The second-order valence-corrected chi connectivity index (χ2v) is 5.08. The quantitative estimate of drug-likeness (QED) is 0.558. The van der Waals surface area contributed by atoms with Crippen LogP contribution in [0.3, 0.4) is 0 Å². The number of hydrogen-bond donors (Lipinski definition) is 1. The number of nitrogens with two attached hydrogens (primary N) is 1. The lowest BCUT2D eigenvalue weighted by atomic mass is 9.77. The highest BCUT2D eigenvalue weighted by atomic mass is 16.6. The van der Waals surface area contributed by atoms with E-state index in [2.05, 4.69) is 0 Å². The first-order chi connectivity index (χ1) is 10.6. The van der Waals surface area contributed by atoms with Crippen LogP contribution < -0.4 is 5.73 Å². The van der Waals surface area contributed by atoms with E-state index in [0.29, 0.717) is 19.4 Å². The Hall–Kier alpha value is -1.88. The smallest absolute Gasteiger partial charge is 0.323 e. The molecular formula is C17H25NO4. The summed E-state index contributed by atoms with van der Waals surface area (Å²) in [5.74, 6) is -1.07. The molecule has 0 aliphatic rings. The van der Waals surface area contributed by atoms with Gasteiger partial charge in [-0.05, 0) is 45.2 Å². The van der Waals surface area contributed by atoms with E-state index in [1.54, 1.807) is 13.8 Å². The van der Waals surface area contributed by atoms with E-state index in [1.165, 1.54) is 0 Å². The highest BCUT2D eigenvalue weighted by Crippen LogP contribution is 2.32. The summed E-state index contributed by atoms with van der Waals surface area (Å²) in [6, 6.07) is 9.41. The molecule has 0 aliphatic carbocycles. The standard InChI is InChI=1S/C17H25NO4/c1-3-21-15(19)17(11-8-12-18,16(20)22-4-2)13-14-9-6-5-7-10-14/h5-7,9-10H,3-4,8,11-13,18H2,1-2H3. The third-order valence-electron chi connectivity index (χ3n) is 3.49. The summed E-state index contributed by atoms with van der Waals surface area (Å²) in [7, 11) is 0. The lowest BCUT2D eigenvalue weighted by molar-refractivity contribution is -0.172. The van der Waals surface area contributed by atoms with E-state index >= 15 is 0 Å². The molecule has 22 heavy (non-hydrogen) atoms. The maximum absolute atomic E-state index is 12.5. The molecule has 0 aliphatic heterocycles. The van der Waals surface area contributed by atoms with Crippen LogP contribution in [0.4, 0.5) is 0 Å². The first-order valence-corrected chi connectivity index (χ1v) is 7.69. The van der Waals surface area contributed by atoms with Crippen molar-refractivity contribution in [2.45, 2.75) is 33.1 Å². The Kier molecular flexibility index (Phi) is 7.60. The van der Waals surface area contributed by atoms with Crippen LogP contribution in [-0.4, -0.2) is 31.7 Å². The minimum absolute atomic E-state index is 0.220. The Balaban J connectivity index is 3.16. The van der Waals surface area contributed by atoms with Crippen molar-refractivity contribution in [3.05, 3.63) is 35.9 Å². The van der Waals surface area contributed by atoms with Crippen molar-refractivity contribution in [1.82, 2.24) is 0 Å². The van der Waals surface area contributed by atoms with Crippen LogP contribution in [0.5, 0.6) is 0 Å². The highest BCUT2D eigenvalue weighted by Gasteiger charge is 2.48. The maximum Gasteiger partial charge on any atom is 0.323 e. The third-order valence-corrected chi connectivity index (χ3v) is 3.49. The number of carbonyl (C=O) groups excluding carboxylic acids is 2. The van der Waals surface area contributed by atoms with Crippen molar-refractivity contribution in [3.63, 3.8) is 0 Å². The first kappa shape index (κ1) is 18.2. The zero-order chi connectivity index (χ0) is 16.4. The molecule has 0 fully saturated rings. The average Bonchev–Trinajstić information content (AvgIpc) is 2.52. The number of rotatable bonds is 9. The van der Waals surface area contributed by atoms with Gasteiger partial charge in [0, 0.05) is 0 Å². The molecule has 5 nitrogen and oxygen atoms in total. The number of hydrogen-bond acceptors (Lipinski definition) is 5. The Labute approximate surface area is 131 Å². The van der Waals surface area contributed by atoms with E-state index in [-0.39, 0.29) is 19.6 Å². The first-order valence-electron chi connectivity index (χ1n) is 7.69. The Morgan fingerprint density at radius 2 is 1.59 bits per heavy atom. The minimum atomic E-state index is -1.33. The summed E-state index contributed by atoms with van der Waals surface area (Å²) in [5.41, 5.74) is 5.14. The molecule has 0 atom stereocenters. The van der Waals surface area contributed by atoms with Crippen LogP contribution in [0.2, 0.25) is 0 Å². The van der Waals surface area contributed by atoms with Crippen LogP contribution in [0.15, 0.2) is 30.3 Å². The lowest BCUT2D eigenvalue weighted by Crippen LogP contribution is -2.44. The summed E-state index contributed by atoms with van der Waals surface area (Å²) in [4.78, 5) is 25.1. The largest absolute Gasteiger partial charge is 0.465 e. The summed E-state index contributed by atoms with van der Waals surface area (Å²) in [5, 5.41) is 0. The summed E-state index contributed by atoms with van der Waals surface area (Å²) in [6.07, 6.45) is 1.12. The molecule has 0 radical (unpaired) electrons. The molecule has 2 N–H and O–H groups in total. The van der Waals surface area contributed by atoms with Crippen LogP contribution in [0.25, 0.3) is 0 Å². The minimum Gasteiger partial charge on any atom is -0.465 e. The van der Waals surface area contributed by atoms with Gasteiger partial charge in [0.2, 0.25) is 0 Å². The fourth-order valence-electron chi connectivity index (χ4n) is 2.41. The number of carbonyl (C=O) groups is 2. The predicted molar refractivity (Wildman–Crippen MR) is 84.1 cm³/mol. The van der Waals surface area contributed by atoms with Crippen molar-refractivity contribution in [2.24, 2.45) is 11.1 Å².